The fourth-order valence-electron chi connectivity index (χ4n) is 5.01. The molecule has 6 rings (SSSR count). The molecule has 0 aliphatic rings. The summed E-state index contributed by atoms with van der Waals surface area (Å²) in [5.41, 5.74) is 13.0. The third kappa shape index (κ3) is 5.52. The average molecular weight is 517 g/mol. The van der Waals surface area contributed by atoms with E-state index >= 15 is 0 Å². The average Bonchev–Trinajstić information content (AvgIpc) is 3.55. The van der Waals surface area contributed by atoms with E-state index in [1.807, 2.05) is 12.3 Å². The van der Waals surface area contributed by atoms with Gasteiger partial charge in [-0.25, -0.2) is 0 Å². The number of nitrogens with one attached hydrogen (secondary N) is 1. The van der Waals surface area contributed by atoms with Crippen LogP contribution in [0.3, 0.4) is 0 Å². The Labute approximate surface area is 236 Å². The normalized spacial score (nSPS) is 11.4. The van der Waals surface area contributed by atoms with Crippen LogP contribution in [0.15, 0.2) is 146 Å². The number of nitrogens with zero attached hydrogens (tertiary/aromatic N) is 1. The van der Waals surface area contributed by atoms with E-state index in [-0.39, 0.29) is 0 Å². The predicted octanol–water partition coefficient (Wildman–Crippen LogP) is 10.4. The summed E-state index contributed by atoms with van der Waals surface area (Å²) in [6.45, 7) is 4.25. The second-order valence-electron chi connectivity index (χ2n) is 10.2. The third-order valence-corrected chi connectivity index (χ3v) is 7.24. The molecule has 0 amide bonds. The van der Waals surface area contributed by atoms with Gasteiger partial charge in [0.2, 0.25) is 0 Å². The highest BCUT2D eigenvalue weighted by Crippen LogP contribution is 2.35. The number of rotatable bonds is 7. The number of hydrogen-bond acceptors (Lipinski definition) is 1. The number of aromatic amines is 1. The van der Waals surface area contributed by atoms with Crippen molar-refractivity contribution in [1.29, 1.82) is 0 Å². The summed E-state index contributed by atoms with van der Waals surface area (Å²) >= 11 is 0. The molecule has 0 aliphatic heterocycles. The zero-order valence-corrected chi connectivity index (χ0v) is 22.9. The van der Waals surface area contributed by atoms with E-state index in [0.29, 0.717) is 0 Å². The second-order valence-corrected chi connectivity index (χ2v) is 10.2. The van der Waals surface area contributed by atoms with Gasteiger partial charge in [0.1, 0.15) is 0 Å². The topological polar surface area (TPSA) is 19.0 Å². The van der Waals surface area contributed by atoms with Crippen molar-refractivity contribution >= 4 is 28.7 Å². The Morgan fingerprint density at radius 3 is 1.57 bits per heavy atom. The highest BCUT2D eigenvalue weighted by molar-refractivity contribution is 5.92. The smallest absolute Gasteiger partial charge is 0.0462 e. The Hall–Kier alpha value is -5.08. The molecule has 0 spiro atoms. The van der Waals surface area contributed by atoms with Crippen LogP contribution in [0.4, 0.5) is 17.1 Å². The number of anilines is 3. The summed E-state index contributed by atoms with van der Waals surface area (Å²) in [5.74, 6) is 0. The standard InChI is InChI=1S/C38H32N2/c1-28-10-20-34(21-11-28)40(35-22-12-29(2)13-23-35)36-24-14-30(15-25-36)27-37(31-7-4-3-5-8-31)32-16-18-33(19-17-32)38-9-6-26-39-38/h3-27,39H,1-2H3. The maximum Gasteiger partial charge on any atom is 0.0462 e. The van der Waals surface area contributed by atoms with Crippen molar-refractivity contribution in [3.8, 4) is 11.3 Å². The van der Waals surface area contributed by atoms with E-state index in [9.17, 15) is 0 Å². The van der Waals surface area contributed by atoms with Crippen molar-refractivity contribution in [2.75, 3.05) is 4.90 Å². The minimum Gasteiger partial charge on any atom is -0.361 e. The van der Waals surface area contributed by atoms with Gasteiger partial charge in [0.15, 0.2) is 0 Å². The van der Waals surface area contributed by atoms with Gasteiger partial charge in [-0.1, -0.05) is 102 Å². The van der Waals surface area contributed by atoms with Crippen molar-refractivity contribution in [2.45, 2.75) is 13.8 Å². The summed E-state index contributed by atoms with van der Waals surface area (Å²) in [4.78, 5) is 5.61. The molecule has 0 fully saturated rings. The summed E-state index contributed by atoms with van der Waals surface area (Å²) in [6, 6.07) is 49.8. The minimum atomic E-state index is 1.12. The van der Waals surface area contributed by atoms with Crippen molar-refractivity contribution in [3.63, 3.8) is 0 Å². The van der Waals surface area contributed by atoms with Gasteiger partial charge in [-0.15, -0.1) is 0 Å². The van der Waals surface area contributed by atoms with E-state index in [2.05, 4.69) is 163 Å². The van der Waals surface area contributed by atoms with Crippen LogP contribution < -0.4 is 4.90 Å². The molecule has 2 nitrogen and oxygen atoms in total. The summed E-state index contributed by atoms with van der Waals surface area (Å²) in [7, 11) is 0. The Morgan fingerprint density at radius 2 is 1.05 bits per heavy atom. The lowest BCUT2D eigenvalue weighted by Gasteiger charge is -2.26. The van der Waals surface area contributed by atoms with Gasteiger partial charge in [0.05, 0.1) is 0 Å². The molecule has 6 aromatic rings. The molecule has 0 saturated carbocycles. The molecule has 0 atom stereocenters. The molecule has 194 valence electrons. The SMILES string of the molecule is Cc1ccc(N(c2ccc(C)cc2)c2ccc(C=C(c3ccccc3)c3ccc(-c4ccc[nH]4)cc3)cc2)cc1. The minimum absolute atomic E-state index is 1.12. The molecule has 1 heterocycles. The number of benzene rings is 5. The van der Waals surface area contributed by atoms with Gasteiger partial charge in [-0.3, -0.25) is 0 Å². The number of aryl methyl sites for hydroxylation is 2. The van der Waals surface area contributed by atoms with Crippen LogP contribution in [0, 0.1) is 13.8 Å². The molecular formula is C38H32N2. The van der Waals surface area contributed by atoms with Gasteiger partial charge < -0.3 is 9.88 Å². The van der Waals surface area contributed by atoms with Gasteiger partial charge in [0.25, 0.3) is 0 Å². The van der Waals surface area contributed by atoms with E-state index in [1.165, 1.54) is 33.4 Å². The first-order valence-corrected chi connectivity index (χ1v) is 13.7. The Morgan fingerprint density at radius 1 is 0.525 bits per heavy atom. The van der Waals surface area contributed by atoms with Crippen LogP contribution in [-0.2, 0) is 0 Å². The van der Waals surface area contributed by atoms with Crippen molar-refractivity contribution in [2.24, 2.45) is 0 Å². The third-order valence-electron chi connectivity index (χ3n) is 7.24. The highest BCUT2D eigenvalue weighted by atomic mass is 15.1. The first kappa shape index (κ1) is 25.2. The molecule has 0 saturated heterocycles. The van der Waals surface area contributed by atoms with Crippen molar-refractivity contribution in [3.05, 3.63) is 174 Å². The number of aromatic nitrogens is 1. The maximum atomic E-state index is 3.30. The molecule has 40 heavy (non-hydrogen) atoms. The Kier molecular flexibility index (Phi) is 7.15. The lowest BCUT2D eigenvalue weighted by molar-refractivity contribution is 1.27. The zero-order valence-electron chi connectivity index (χ0n) is 22.9. The highest BCUT2D eigenvalue weighted by Gasteiger charge is 2.13. The molecule has 1 aromatic heterocycles. The van der Waals surface area contributed by atoms with Gasteiger partial charge in [-0.05, 0) is 96.3 Å². The molecular weight excluding hydrogens is 484 g/mol. The molecule has 2 heteroatoms. The second kappa shape index (κ2) is 11.3. The monoisotopic (exact) mass is 516 g/mol. The zero-order chi connectivity index (χ0) is 27.3. The molecule has 0 radical (unpaired) electrons. The van der Waals surface area contributed by atoms with Crippen molar-refractivity contribution in [1.82, 2.24) is 4.98 Å². The number of H-pyrrole nitrogens is 1. The van der Waals surface area contributed by atoms with Crippen LogP contribution in [0.2, 0.25) is 0 Å². The first-order valence-electron chi connectivity index (χ1n) is 13.7. The quantitative estimate of drug-likeness (QED) is 0.209. The molecule has 0 unspecified atom stereocenters. The Bertz CT molecular complexity index is 1650. The predicted molar refractivity (Wildman–Crippen MR) is 170 cm³/mol. The van der Waals surface area contributed by atoms with Crippen molar-refractivity contribution < 1.29 is 0 Å². The first-order chi connectivity index (χ1) is 19.6. The van der Waals surface area contributed by atoms with Gasteiger partial charge >= 0.3 is 0 Å². The van der Waals surface area contributed by atoms with Crippen LogP contribution in [0.25, 0.3) is 22.9 Å². The van der Waals surface area contributed by atoms with E-state index < -0.39 is 0 Å². The maximum absolute atomic E-state index is 3.30. The fourth-order valence-corrected chi connectivity index (χ4v) is 5.01. The number of hydrogen-bond donors (Lipinski definition) is 1. The largest absolute Gasteiger partial charge is 0.361 e. The summed E-state index contributed by atoms with van der Waals surface area (Å²) in [6.07, 6.45) is 4.24. The fraction of sp³-hybridized carbons (Fsp3) is 0.0526. The Balaban J connectivity index is 1.37. The lowest BCUT2D eigenvalue weighted by Crippen LogP contribution is -2.09. The van der Waals surface area contributed by atoms with Crippen LogP contribution >= 0.6 is 0 Å². The molecule has 1 N–H and O–H groups in total. The van der Waals surface area contributed by atoms with E-state index in [1.54, 1.807) is 0 Å². The van der Waals surface area contributed by atoms with Gasteiger partial charge in [0, 0.05) is 29.0 Å². The molecule has 0 aliphatic carbocycles. The van der Waals surface area contributed by atoms with E-state index in [4.69, 9.17) is 0 Å². The molecule has 0 bridgehead atoms. The van der Waals surface area contributed by atoms with Crippen LogP contribution in [-0.4, -0.2) is 4.98 Å². The van der Waals surface area contributed by atoms with Crippen LogP contribution in [0.1, 0.15) is 27.8 Å². The van der Waals surface area contributed by atoms with Gasteiger partial charge in [-0.2, -0.15) is 0 Å². The van der Waals surface area contributed by atoms with Crippen LogP contribution in [0.5, 0.6) is 0 Å². The lowest BCUT2D eigenvalue weighted by atomic mass is 9.94. The molecule has 5 aromatic carbocycles. The summed E-state index contributed by atoms with van der Waals surface area (Å²) in [5, 5.41) is 0. The summed E-state index contributed by atoms with van der Waals surface area (Å²) < 4.78 is 0. The van der Waals surface area contributed by atoms with E-state index in [0.717, 1.165) is 28.3 Å².